The Morgan fingerprint density at radius 2 is 1.33 bits per heavy atom. The molecule has 1 aliphatic rings. The molecule has 1 unspecified atom stereocenters. The van der Waals surface area contributed by atoms with Crippen LogP contribution >= 0.6 is 0 Å². The number of ether oxygens (including phenoxy) is 1. The topological polar surface area (TPSA) is 12.5 Å². The predicted molar refractivity (Wildman–Crippen MR) is 127 cm³/mol. The van der Waals surface area contributed by atoms with E-state index in [1.807, 2.05) is 45.8 Å². The second kappa shape index (κ2) is 10.1. The summed E-state index contributed by atoms with van der Waals surface area (Å²) < 4.78 is 84.5. The van der Waals surface area contributed by atoms with Crippen LogP contribution in [-0.2, 0) is 22.6 Å². The van der Waals surface area contributed by atoms with Crippen molar-refractivity contribution in [2.75, 3.05) is 20.7 Å². The molecule has 0 amide bonds. The van der Waals surface area contributed by atoms with E-state index >= 15 is 0 Å². The van der Waals surface area contributed by atoms with E-state index in [-0.39, 0.29) is 5.92 Å². The van der Waals surface area contributed by atoms with Gasteiger partial charge in [0.2, 0.25) is 0 Å². The van der Waals surface area contributed by atoms with Gasteiger partial charge in [0.1, 0.15) is 11.3 Å². The molecule has 0 saturated carbocycles. The van der Waals surface area contributed by atoms with E-state index in [4.69, 9.17) is 4.74 Å². The summed E-state index contributed by atoms with van der Waals surface area (Å²) in [5.74, 6) is 6.49. The minimum Gasteiger partial charge on any atom is -0.493 e. The lowest BCUT2D eigenvalue weighted by Crippen LogP contribution is -2.44. The Morgan fingerprint density at radius 3 is 1.75 bits per heavy atom. The van der Waals surface area contributed by atoms with E-state index < -0.39 is 29.0 Å². The molecule has 0 spiro atoms. The highest BCUT2D eigenvalue weighted by Crippen LogP contribution is 2.50. The van der Waals surface area contributed by atoms with Crippen molar-refractivity contribution in [1.82, 2.24) is 4.90 Å². The van der Waals surface area contributed by atoms with Crippen molar-refractivity contribution < 1.29 is 31.1 Å². The van der Waals surface area contributed by atoms with Crippen LogP contribution in [0.15, 0.2) is 71.5 Å². The normalized spacial score (nSPS) is 18.4. The zero-order chi connectivity index (χ0) is 26.9. The number of benzene rings is 2. The average Bonchev–Trinajstić information content (AvgIpc) is 3.12. The van der Waals surface area contributed by atoms with E-state index in [1.54, 1.807) is 0 Å². The van der Waals surface area contributed by atoms with Crippen LogP contribution < -0.4 is 0 Å². The summed E-state index contributed by atoms with van der Waals surface area (Å²) in [7, 11) is 3.62. The minimum atomic E-state index is -4.48. The van der Waals surface area contributed by atoms with Gasteiger partial charge in [-0.25, -0.2) is 0 Å². The van der Waals surface area contributed by atoms with Gasteiger partial charge in [0.25, 0.3) is 0 Å². The van der Waals surface area contributed by atoms with Crippen LogP contribution in [0, 0.1) is 17.8 Å². The van der Waals surface area contributed by atoms with Crippen molar-refractivity contribution in [1.29, 1.82) is 0 Å². The maximum absolute atomic E-state index is 13.3. The standard InChI is InChI=1S/C28H27F6NO/c1-6-36-25-17-24(18(2)3)26(35(4)5,20-12-14-22(15-13-20)28(32,33)34)23(25)16-9-19-7-10-21(11-8-19)27(29,30)31/h7-8,10-15,17-18H,6H2,1-5H3. The van der Waals surface area contributed by atoms with Gasteiger partial charge in [-0.15, -0.1) is 0 Å². The number of hydrogen-bond acceptors (Lipinski definition) is 2. The van der Waals surface area contributed by atoms with E-state index in [0.29, 0.717) is 29.1 Å². The first kappa shape index (κ1) is 27.4. The van der Waals surface area contributed by atoms with Gasteiger partial charge in [0, 0.05) is 5.56 Å². The van der Waals surface area contributed by atoms with Crippen LogP contribution in [0.1, 0.15) is 43.0 Å². The quantitative estimate of drug-likeness (QED) is 0.309. The summed E-state index contributed by atoms with van der Waals surface area (Å²) in [5.41, 5.74) is -0.234. The molecule has 0 fully saturated rings. The first-order chi connectivity index (χ1) is 16.7. The number of rotatable bonds is 5. The minimum absolute atomic E-state index is 0.0180. The Labute approximate surface area is 207 Å². The van der Waals surface area contributed by atoms with E-state index in [9.17, 15) is 26.3 Å². The molecule has 2 aromatic carbocycles. The first-order valence-electron chi connectivity index (χ1n) is 11.4. The summed E-state index contributed by atoms with van der Waals surface area (Å²) in [6.45, 7) is 6.09. The number of allylic oxidation sites excluding steroid dienone is 1. The Bertz CT molecular complexity index is 1210. The maximum Gasteiger partial charge on any atom is 0.416 e. The van der Waals surface area contributed by atoms with E-state index in [0.717, 1.165) is 29.8 Å². The molecule has 0 N–H and O–H groups in total. The molecule has 1 aliphatic carbocycles. The van der Waals surface area contributed by atoms with Crippen LogP contribution in [0.3, 0.4) is 0 Å². The summed E-state index contributed by atoms with van der Waals surface area (Å²) in [6, 6.07) is 9.46. The number of alkyl halides is 6. The van der Waals surface area contributed by atoms with Crippen LogP contribution in [0.5, 0.6) is 0 Å². The molecule has 36 heavy (non-hydrogen) atoms. The predicted octanol–water partition coefficient (Wildman–Crippen LogP) is 7.42. The molecular weight excluding hydrogens is 480 g/mol. The Morgan fingerprint density at radius 1 is 0.833 bits per heavy atom. The second-order valence-electron chi connectivity index (χ2n) is 8.93. The summed E-state index contributed by atoms with van der Waals surface area (Å²) in [6.07, 6.45) is -7.07. The Balaban J connectivity index is 2.22. The van der Waals surface area contributed by atoms with Crippen molar-refractivity contribution in [3.8, 4) is 11.8 Å². The Hall–Kier alpha value is -3.18. The van der Waals surface area contributed by atoms with Crippen LogP contribution in [0.2, 0.25) is 0 Å². The van der Waals surface area contributed by atoms with E-state index in [2.05, 4.69) is 11.8 Å². The fraction of sp³-hybridized carbons (Fsp3) is 0.357. The molecule has 8 heteroatoms. The number of halogens is 6. The summed E-state index contributed by atoms with van der Waals surface area (Å²) in [5, 5.41) is 0. The highest BCUT2D eigenvalue weighted by Gasteiger charge is 2.48. The van der Waals surface area contributed by atoms with Crippen molar-refractivity contribution in [2.45, 2.75) is 38.7 Å². The molecule has 3 rings (SSSR count). The van der Waals surface area contributed by atoms with Gasteiger partial charge in [0.15, 0.2) is 0 Å². The molecule has 2 nitrogen and oxygen atoms in total. The van der Waals surface area contributed by atoms with Crippen molar-refractivity contribution in [2.24, 2.45) is 5.92 Å². The van der Waals surface area contributed by atoms with Gasteiger partial charge in [-0.1, -0.05) is 37.8 Å². The number of hydrogen-bond donors (Lipinski definition) is 0. The molecule has 0 heterocycles. The SMILES string of the molecule is CCOC1=C(C#Cc2ccc(C(F)(F)F)cc2)C(c2ccc(C(F)(F)F)cc2)(N(C)C)C(C(C)C)=C1. The van der Waals surface area contributed by atoms with Gasteiger partial charge in [-0.3, -0.25) is 4.90 Å². The molecule has 0 saturated heterocycles. The fourth-order valence-corrected chi connectivity index (χ4v) is 4.47. The summed E-state index contributed by atoms with van der Waals surface area (Å²) >= 11 is 0. The first-order valence-corrected chi connectivity index (χ1v) is 11.4. The van der Waals surface area contributed by atoms with Crippen molar-refractivity contribution in [3.63, 3.8) is 0 Å². The lowest BCUT2D eigenvalue weighted by Gasteiger charge is -2.42. The average molecular weight is 508 g/mol. The molecule has 0 aliphatic heterocycles. The van der Waals surface area contributed by atoms with Gasteiger partial charge in [0.05, 0.1) is 23.3 Å². The highest BCUT2D eigenvalue weighted by molar-refractivity contribution is 5.63. The second-order valence-corrected chi connectivity index (χ2v) is 8.93. The molecule has 1 atom stereocenters. The van der Waals surface area contributed by atoms with Crippen LogP contribution in [0.4, 0.5) is 26.3 Å². The zero-order valence-corrected chi connectivity index (χ0v) is 20.6. The van der Waals surface area contributed by atoms with Gasteiger partial charge >= 0.3 is 12.4 Å². The fourth-order valence-electron chi connectivity index (χ4n) is 4.47. The van der Waals surface area contributed by atoms with Gasteiger partial charge in [-0.05, 0) is 80.5 Å². The van der Waals surface area contributed by atoms with Crippen LogP contribution in [0.25, 0.3) is 0 Å². The Kier molecular flexibility index (Phi) is 7.66. The van der Waals surface area contributed by atoms with Crippen molar-refractivity contribution >= 4 is 0 Å². The van der Waals surface area contributed by atoms with Crippen LogP contribution in [-0.4, -0.2) is 25.6 Å². The number of likely N-dealkylation sites (N-methyl/N-ethyl adjacent to an activating group) is 1. The smallest absolute Gasteiger partial charge is 0.416 e. The third kappa shape index (κ3) is 5.17. The van der Waals surface area contributed by atoms with Gasteiger partial charge < -0.3 is 4.74 Å². The molecular formula is C28H27F6NO. The molecule has 0 bridgehead atoms. The molecule has 2 aromatic rings. The van der Waals surface area contributed by atoms with E-state index in [1.165, 1.54) is 24.3 Å². The van der Waals surface area contributed by atoms with Crippen molar-refractivity contribution in [3.05, 3.63) is 93.8 Å². The number of nitrogens with zero attached hydrogens (tertiary/aromatic N) is 1. The lowest BCUT2D eigenvalue weighted by molar-refractivity contribution is -0.138. The zero-order valence-electron chi connectivity index (χ0n) is 20.6. The highest BCUT2D eigenvalue weighted by atomic mass is 19.4. The third-order valence-electron chi connectivity index (χ3n) is 6.08. The summed E-state index contributed by atoms with van der Waals surface area (Å²) in [4.78, 5) is 1.88. The molecule has 0 radical (unpaired) electrons. The monoisotopic (exact) mass is 507 g/mol. The molecule has 192 valence electrons. The largest absolute Gasteiger partial charge is 0.493 e. The lowest BCUT2D eigenvalue weighted by atomic mass is 9.74. The molecule has 0 aromatic heterocycles. The maximum atomic E-state index is 13.3. The van der Waals surface area contributed by atoms with Gasteiger partial charge in [-0.2, -0.15) is 26.3 Å². The third-order valence-corrected chi connectivity index (χ3v) is 6.08.